The maximum Gasteiger partial charge on any atom is 0.306 e. The first-order valence-corrected chi connectivity index (χ1v) is 7.77. The Labute approximate surface area is 146 Å². The number of esters is 1. The number of ether oxygens (including phenoxy) is 4. The highest BCUT2D eigenvalue weighted by Gasteiger charge is 2.12. The summed E-state index contributed by atoms with van der Waals surface area (Å²) in [4.78, 5) is 11.9. The lowest BCUT2D eigenvalue weighted by Crippen LogP contribution is -2.07. The lowest BCUT2D eigenvalue weighted by molar-refractivity contribution is -0.144. The molecule has 25 heavy (non-hydrogen) atoms. The Hall–Kier alpha value is -2.76. The zero-order valence-corrected chi connectivity index (χ0v) is 14.5. The number of hydrogen-bond acceptors (Lipinski definition) is 5. The summed E-state index contributed by atoms with van der Waals surface area (Å²) in [7, 11) is 4.51. The smallest absolute Gasteiger partial charge is 0.306 e. The second-order valence-electron chi connectivity index (χ2n) is 5.28. The predicted molar refractivity (Wildman–Crippen MR) is 90.6 cm³/mol. The summed E-state index contributed by atoms with van der Waals surface area (Å²) in [6.07, 6.45) is 0.637. The standard InChI is InChI=1S/C19H21FO5/c1-22-16-9-7-13(11-15(16)20)12-25-18(21)10-8-14-5-4-6-17(23-2)19(14)24-3/h4-7,9,11H,8,10,12H2,1-3H3. The van der Waals surface area contributed by atoms with Gasteiger partial charge in [-0.05, 0) is 35.7 Å². The van der Waals surface area contributed by atoms with Crippen molar-refractivity contribution in [3.8, 4) is 17.2 Å². The fraction of sp³-hybridized carbons (Fsp3) is 0.316. The summed E-state index contributed by atoms with van der Waals surface area (Å²) < 4.78 is 34.2. The maximum absolute atomic E-state index is 13.6. The molecule has 0 bridgehead atoms. The molecular formula is C19H21FO5. The Bertz CT molecular complexity index is 730. The molecule has 0 saturated heterocycles. The Balaban J connectivity index is 1.90. The number of aryl methyl sites for hydroxylation is 1. The number of halogens is 1. The molecule has 0 saturated carbocycles. The molecule has 2 aromatic rings. The van der Waals surface area contributed by atoms with Crippen molar-refractivity contribution in [3.05, 3.63) is 53.3 Å². The van der Waals surface area contributed by atoms with Gasteiger partial charge in [0.05, 0.1) is 21.3 Å². The molecular weight excluding hydrogens is 327 g/mol. The third kappa shape index (κ3) is 4.86. The van der Waals surface area contributed by atoms with E-state index in [1.165, 1.54) is 19.2 Å². The molecule has 0 aliphatic carbocycles. The minimum atomic E-state index is -0.489. The molecule has 0 aliphatic heterocycles. The molecule has 6 heteroatoms. The van der Waals surface area contributed by atoms with E-state index in [1.807, 2.05) is 12.1 Å². The topological polar surface area (TPSA) is 54.0 Å². The number of methoxy groups -OCH3 is 3. The molecule has 2 aromatic carbocycles. The summed E-state index contributed by atoms with van der Waals surface area (Å²) in [6.45, 7) is 0.00892. The van der Waals surface area contributed by atoms with Gasteiger partial charge in [0.1, 0.15) is 6.61 Å². The molecule has 134 valence electrons. The van der Waals surface area contributed by atoms with Crippen molar-refractivity contribution in [2.24, 2.45) is 0 Å². The van der Waals surface area contributed by atoms with Crippen LogP contribution < -0.4 is 14.2 Å². The molecule has 0 N–H and O–H groups in total. The predicted octanol–water partition coefficient (Wildman–Crippen LogP) is 3.53. The van der Waals surface area contributed by atoms with E-state index in [0.717, 1.165) is 5.56 Å². The first-order valence-electron chi connectivity index (χ1n) is 7.77. The van der Waals surface area contributed by atoms with Crippen LogP contribution in [0.15, 0.2) is 36.4 Å². The number of carbonyl (C=O) groups is 1. The summed E-state index contributed by atoms with van der Waals surface area (Å²) in [5.41, 5.74) is 1.42. The number of carbonyl (C=O) groups excluding carboxylic acids is 1. The molecule has 0 spiro atoms. The van der Waals surface area contributed by atoms with Gasteiger partial charge in [-0.1, -0.05) is 18.2 Å². The zero-order chi connectivity index (χ0) is 18.2. The normalized spacial score (nSPS) is 10.2. The van der Waals surface area contributed by atoms with E-state index in [0.29, 0.717) is 23.5 Å². The van der Waals surface area contributed by atoms with Gasteiger partial charge in [0.25, 0.3) is 0 Å². The van der Waals surface area contributed by atoms with Crippen LogP contribution in [0, 0.1) is 5.82 Å². The lowest BCUT2D eigenvalue weighted by Gasteiger charge is -2.12. The van der Waals surface area contributed by atoms with Crippen molar-refractivity contribution in [3.63, 3.8) is 0 Å². The Morgan fingerprint density at radius 2 is 1.76 bits per heavy atom. The number of para-hydroxylation sites is 1. The summed E-state index contributed by atoms with van der Waals surface area (Å²) in [5, 5.41) is 0. The number of hydrogen-bond donors (Lipinski definition) is 0. The first-order chi connectivity index (χ1) is 12.1. The summed E-state index contributed by atoms with van der Waals surface area (Å²) in [5.74, 6) is 0.510. The highest BCUT2D eigenvalue weighted by Crippen LogP contribution is 2.31. The second-order valence-corrected chi connectivity index (χ2v) is 5.28. The van der Waals surface area contributed by atoms with Crippen molar-refractivity contribution in [1.29, 1.82) is 0 Å². The fourth-order valence-electron chi connectivity index (χ4n) is 2.42. The average molecular weight is 348 g/mol. The minimum absolute atomic E-state index is 0.00892. The minimum Gasteiger partial charge on any atom is -0.494 e. The molecule has 0 radical (unpaired) electrons. The van der Waals surface area contributed by atoms with E-state index >= 15 is 0 Å². The van der Waals surface area contributed by atoms with Crippen LogP contribution in [0.4, 0.5) is 4.39 Å². The van der Waals surface area contributed by atoms with Crippen LogP contribution in [0.3, 0.4) is 0 Å². The largest absolute Gasteiger partial charge is 0.494 e. The van der Waals surface area contributed by atoms with Gasteiger partial charge in [-0.2, -0.15) is 0 Å². The van der Waals surface area contributed by atoms with Crippen LogP contribution in [0.1, 0.15) is 17.5 Å². The van der Waals surface area contributed by atoms with Crippen LogP contribution in [-0.4, -0.2) is 27.3 Å². The molecule has 0 heterocycles. The third-order valence-electron chi connectivity index (χ3n) is 3.70. The Morgan fingerprint density at radius 3 is 2.40 bits per heavy atom. The monoisotopic (exact) mass is 348 g/mol. The van der Waals surface area contributed by atoms with E-state index in [1.54, 1.807) is 26.4 Å². The van der Waals surface area contributed by atoms with Gasteiger partial charge in [-0.25, -0.2) is 4.39 Å². The maximum atomic E-state index is 13.6. The molecule has 5 nitrogen and oxygen atoms in total. The van der Waals surface area contributed by atoms with E-state index in [-0.39, 0.29) is 24.7 Å². The van der Waals surface area contributed by atoms with Gasteiger partial charge in [-0.15, -0.1) is 0 Å². The van der Waals surface area contributed by atoms with Crippen LogP contribution in [0.2, 0.25) is 0 Å². The summed E-state index contributed by atoms with van der Waals surface area (Å²) in [6, 6.07) is 9.94. The first kappa shape index (κ1) is 18.6. The van der Waals surface area contributed by atoms with Crippen LogP contribution in [0.5, 0.6) is 17.2 Å². The van der Waals surface area contributed by atoms with Gasteiger partial charge < -0.3 is 18.9 Å². The van der Waals surface area contributed by atoms with Gasteiger partial charge in [0.2, 0.25) is 0 Å². The van der Waals surface area contributed by atoms with Crippen molar-refractivity contribution in [1.82, 2.24) is 0 Å². The molecule has 2 rings (SSSR count). The molecule has 0 fully saturated rings. The highest BCUT2D eigenvalue weighted by atomic mass is 19.1. The highest BCUT2D eigenvalue weighted by molar-refractivity contribution is 5.70. The van der Waals surface area contributed by atoms with Gasteiger partial charge in [0.15, 0.2) is 23.1 Å². The Morgan fingerprint density at radius 1 is 1.00 bits per heavy atom. The second kappa shape index (κ2) is 8.92. The van der Waals surface area contributed by atoms with Crippen LogP contribution in [0.25, 0.3) is 0 Å². The Kier molecular flexibility index (Phi) is 6.62. The van der Waals surface area contributed by atoms with E-state index in [9.17, 15) is 9.18 Å². The molecule has 0 amide bonds. The summed E-state index contributed by atoms with van der Waals surface area (Å²) >= 11 is 0. The molecule has 0 aliphatic rings. The van der Waals surface area contributed by atoms with E-state index in [2.05, 4.69) is 0 Å². The van der Waals surface area contributed by atoms with Crippen molar-refractivity contribution >= 4 is 5.97 Å². The van der Waals surface area contributed by atoms with Gasteiger partial charge >= 0.3 is 5.97 Å². The van der Waals surface area contributed by atoms with Gasteiger partial charge in [-0.3, -0.25) is 4.79 Å². The van der Waals surface area contributed by atoms with E-state index < -0.39 is 5.82 Å². The van der Waals surface area contributed by atoms with Crippen molar-refractivity contribution in [2.75, 3.05) is 21.3 Å². The molecule has 0 unspecified atom stereocenters. The molecule has 0 aromatic heterocycles. The number of rotatable bonds is 8. The third-order valence-corrected chi connectivity index (χ3v) is 3.70. The lowest BCUT2D eigenvalue weighted by atomic mass is 10.1. The zero-order valence-electron chi connectivity index (χ0n) is 14.5. The number of benzene rings is 2. The average Bonchev–Trinajstić information content (AvgIpc) is 2.64. The van der Waals surface area contributed by atoms with E-state index in [4.69, 9.17) is 18.9 Å². The van der Waals surface area contributed by atoms with Crippen LogP contribution >= 0.6 is 0 Å². The fourth-order valence-corrected chi connectivity index (χ4v) is 2.42. The van der Waals surface area contributed by atoms with Crippen molar-refractivity contribution < 1.29 is 28.1 Å². The van der Waals surface area contributed by atoms with Gasteiger partial charge in [0, 0.05) is 6.42 Å². The SMILES string of the molecule is COc1ccc(COC(=O)CCc2cccc(OC)c2OC)cc1F. The van der Waals surface area contributed by atoms with Crippen molar-refractivity contribution in [2.45, 2.75) is 19.4 Å². The van der Waals surface area contributed by atoms with Crippen LogP contribution in [-0.2, 0) is 22.6 Å². The quantitative estimate of drug-likeness (QED) is 0.683. The molecule has 0 atom stereocenters.